The highest BCUT2D eigenvalue weighted by molar-refractivity contribution is 5.28. The Morgan fingerprint density at radius 2 is 1.94 bits per heavy atom. The molecule has 2 unspecified atom stereocenters. The highest BCUT2D eigenvalue weighted by Gasteiger charge is 2.12. The van der Waals surface area contributed by atoms with E-state index < -0.39 is 0 Å². The first kappa shape index (κ1) is 15.0. The van der Waals surface area contributed by atoms with Crippen molar-refractivity contribution in [1.82, 2.24) is 5.32 Å². The van der Waals surface area contributed by atoms with Crippen LogP contribution in [0.1, 0.15) is 25.5 Å². The van der Waals surface area contributed by atoms with Crippen molar-refractivity contribution in [3.8, 4) is 5.75 Å². The fourth-order valence-corrected chi connectivity index (χ4v) is 1.82. The van der Waals surface area contributed by atoms with Crippen LogP contribution in [0.3, 0.4) is 0 Å². The average molecular weight is 253 g/mol. The van der Waals surface area contributed by atoms with E-state index in [0.717, 1.165) is 11.3 Å². The first-order chi connectivity index (χ1) is 8.71. The predicted octanol–water partition coefficient (Wildman–Crippen LogP) is 1.74. The van der Waals surface area contributed by atoms with Crippen molar-refractivity contribution in [3.05, 3.63) is 29.8 Å². The summed E-state index contributed by atoms with van der Waals surface area (Å²) in [7, 11) is 1.63. The molecule has 0 heterocycles. The van der Waals surface area contributed by atoms with Crippen molar-refractivity contribution in [2.75, 3.05) is 26.9 Å². The van der Waals surface area contributed by atoms with Crippen molar-refractivity contribution >= 4 is 0 Å². The second-order valence-corrected chi connectivity index (χ2v) is 4.23. The standard InChI is InChI=1S/C14H23NO3/c1-4-18-14-7-5-12(6-8-14)11(2)15-13(9-16)10-17-3/h5-8,11,13,15-16H,4,9-10H2,1-3H3. The van der Waals surface area contributed by atoms with E-state index >= 15 is 0 Å². The maximum atomic E-state index is 9.20. The van der Waals surface area contributed by atoms with Crippen LogP contribution in [-0.2, 0) is 4.74 Å². The molecule has 4 heteroatoms. The van der Waals surface area contributed by atoms with Crippen LogP contribution in [0.2, 0.25) is 0 Å². The number of benzene rings is 1. The summed E-state index contributed by atoms with van der Waals surface area (Å²) in [6.07, 6.45) is 0. The van der Waals surface area contributed by atoms with Gasteiger partial charge in [0.05, 0.1) is 25.9 Å². The van der Waals surface area contributed by atoms with Gasteiger partial charge in [-0.2, -0.15) is 0 Å². The molecule has 1 aromatic rings. The Balaban J connectivity index is 2.57. The van der Waals surface area contributed by atoms with Crippen molar-refractivity contribution < 1.29 is 14.6 Å². The lowest BCUT2D eigenvalue weighted by Gasteiger charge is -2.21. The van der Waals surface area contributed by atoms with Gasteiger partial charge in [0.1, 0.15) is 5.75 Å². The van der Waals surface area contributed by atoms with Crippen molar-refractivity contribution in [1.29, 1.82) is 0 Å². The molecular weight excluding hydrogens is 230 g/mol. The Hall–Kier alpha value is -1.10. The Kier molecular flexibility index (Phi) is 6.72. The Bertz CT molecular complexity index is 326. The van der Waals surface area contributed by atoms with Gasteiger partial charge in [0.2, 0.25) is 0 Å². The fraction of sp³-hybridized carbons (Fsp3) is 0.571. The number of ether oxygens (including phenoxy) is 2. The number of hydrogen-bond donors (Lipinski definition) is 2. The molecule has 0 fully saturated rings. The van der Waals surface area contributed by atoms with Crippen molar-refractivity contribution in [2.45, 2.75) is 25.9 Å². The van der Waals surface area contributed by atoms with Gasteiger partial charge in [-0.15, -0.1) is 0 Å². The molecule has 1 aromatic carbocycles. The minimum atomic E-state index is -0.0448. The summed E-state index contributed by atoms with van der Waals surface area (Å²) < 4.78 is 10.4. The van der Waals surface area contributed by atoms with Crippen molar-refractivity contribution in [3.63, 3.8) is 0 Å². The summed E-state index contributed by atoms with van der Waals surface area (Å²) in [4.78, 5) is 0. The predicted molar refractivity (Wildman–Crippen MR) is 71.9 cm³/mol. The van der Waals surface area contributed by atoms with Crippen LogP contribution in [0.4, 0.5) is 0 Å². The van der Waals surface area contributed by atoms with Gasteiger partial charge in [0.15, 0.2) is 0 Å². The van der Waals surface area contributed by atoms with Crippen LogP contribution in [0.15, 0.2) is 24.3 Å². The zero-order chi connectivity index (χ0) is 13.4. The third-order valence-electron chi connectivity index (χ3n) is 2.77. The molecule has 0 bridgehead atoms. The molecule has 0 amide bonds. The summed E-state index contributed by atoms with van der Waals surface area (Å²) in [6, 6.07) is 8.10. The van der Waals surface area contributed by atoms with Crippen LogP contribution < -0.4 is 10.1 Å². The van der Waals surface area contributed by atoms with Crippen LogP contribution >= 0.6 is 0 Å². The fourth-order valence-electron chi connectivity index (χ4n) is 1.82. The van der Waals surface area contributed by atoms with Crippen LogP contribution in [-0.4, -0.2) is 38.1 Å². The Labute approximate surface area is 109 Å². The molecule has 0 radical (unpaired) electrons. The van der Waals surface area contributed by atoms with E-state index in [0.29, 0.717) is 13.2 Å². The van der Waals surface area contributed by atoms with E-state index in [1.165, 1.54) is 0 Å². The monoisotopic (exact) mass is 253 g/mol. The van der Waals surface area contributed by atoms with E-state index in [9.17, 15) is 5.11 Å². The van der Waals surface area contributed by atoms with Gasteiger partial charge in [-0.3, -0.25) is 0 Å². The largest absolute Gasteiger partial charge is 0.494 e. The number of methoxy groups -OCH3 is 1. The number of hydrogen-bond acceptors (Lipinski definition) is 4. The second kappa shape index (κ2) is 8.08. The molecule has 0 saturated carbocycles. The topological polar surface area (TPSA) is 50.7 Å². The SMILES string of the molecule is CCOc1ccc(C(C)NC(CO)COC)cc1. The maximum absolute atomic E-state index is 9.20. The van der Waals surface area contributed by atoms with Crippen molar-refractivity contribution in [2.24, 2.45) is 0 Å². The summed E-state index contributed by atoms with van der Waals surface area (Å²) in [5.74, 6) is 0.879. The number of aliphatic hydroxyl groups is 1. The van der Waals surface area contributed by atoms with Crippen LogP contribution in [0.25, 0.3) is 0 Å². The molecule has 2 atom stereocenters. The summed E-state index contributed by atoms with van der Waals surface area (Å²) >= 11 is 0. The van der Waals surface area contributed by atoms with Crippen LogP contribution in [0.5, 0.6) is 5.75 Å². The molecule has 102 valence electrons. The molecule has 2 N–H and O–H groups in total. The highest BCUT2D eigenvalue weighted by Crippen LogP contribution is 2.18. The molecule has 0 aromatic heterocycles. The maximum Gasteiger partial charge on any atom is 0.119 e. The highest BCUT2D eigenvalue weighted by atomic mass is 16.5. The summed E-state index contributed by atoms with van der Waals surface area (Å²) in [5.41, 5.74) is 1.16. The van der Waals surface area contributed by atoms with Gasteiger partial charge in [-0.25, -0.2) is 0 Å². The van der Waals surface area contributed by atoms with Gasteiger partial charge in [0.25, 0.3) is 0 Å². The molecule has 0 aliphatic heterocycles. The number of aliphatic hydroxyl groups excluding tert-OH is 1. The van der Waals surface area contributed by atoms with Gasteiger partial charge in [-0.1, -0.05) is 12.1 Å². The zero-order valence-corrected chi connectivity index (χ0v) is 11.3. The molecular formula is C14H23NO3. The smallest absolute Gasteiger partial charge is 0.119 e. The third-order valence-corrected chi connectivity index (χ3v) is 2.77. The molecule has 0 spiro atoms. The lowest BCUT2D eigenvalue weighted by Crippen LogP contribution is -2.38. The van der Waals surface area contributed by atoms with Gasteiger partial charge < -0.3 is 19.9 Å². The average Bonchev–Trinajstić information content (AvgIpc) is 2.39. The van der Waals surface area contributed by atoms with E-state index in [1.807, 2.05) is 31.2 Å². The Morgan fingerprint density at radius 3 is 2.44 bits per heavy atom. The van der Waals surface area contributed by atoms with Crippen LogP contribution in [0, 0.1) is 0 Å². The minimum Gasteiger partial charge on any atom is -0.494 e. The van der Waals surface area contributed by atoms with E-state index in [2.05, 4.69) is 12.2 Å². The molecule has 1 rings (SSSR count). The Morgan fingerprint density at radius 1 is 1.28 bits per heavy atom. The third kappa shape index (κ3) is 4.64. The lowest BCUT2D eigenvalue weighted by atomic mass is 10.1. The first-order valence-corrected chi connectivity index (χ1v) is 6.29. The number of nitrogens with one attached hydrogen (secondary N) is 1. The minimum absolute atomic E-state index is 0.0448. The van der Waals surface area contributed by atoms with E-state index in [-0.39, 0.29) is 18.7 Å². The molecule has 0 aliphatic carbocycles. The van der Waals surface area contributed by atoms with Gasteiger partial charge in [-0.05, 0) is 31.5 Å². The number of rotatable bonds is 8. The molecule has 0 saturated heterocycles. The summed E-state index contributed by atoms with van der Waals surface area (Å²) in [5, 5.41) is 12.5. The molecule has 4 nitrogen and oxygen atoms in total. The quantitative estimate of drug-likeness (QED) is 0.741. The van der Waals surface area contributed by atoms with Gasteiger partial charge in [0, 0.05) is 13.2 Å². The zero-order valence-electron chi connectivity index (χ0n) is 11.3. The summed E-state index contributed by atoms with van der Waals surface area (Å²) in [6.45, 7) is 5.27. The van der Waals surface area contributed by atoms with E-state index in [1.54, 1.807) is 7.11 Å². The molecule has 18 heavy (non-hydrogen) atoms. The second-order valence-electron chi connectivity index (χ2n) is 4.23. The first-order valence-electron chi connectivity index (χ1n) is 6.29. The molecule has 0 aliphatic rings. The van der Waals surface area contributed by atoms with E-state index in [4.69, 9.17) is 9.47 Å². The van der Waals surface area contributed by atoms with Gasteiger partial charge >= 0.3 is 0 Å². The normalized spacial score (nSPS) is 14.2. The lowest BCUT2D eigenvalue weighted by molar-refractivity contribution is 0.123.